The van der Waals surface area contributed by atoms with Gasteiger partial charge in [0.15, 0.2) is 0 Å². The molecule has 8 nitrogen and oxygen atoms in total. The maximum atomic E-state index is 12.8. The van der Waals surface area contributed by atoms with Crippen molar-refractivity contribution in [2.75, 3.05) is 13.2 Å². The Morgan fingerprint density at radius 3 is 2.40 bits per heavy atom. The smallest absolute Gasteiger partial charge is 0.293 e. The number of non-ortho nitro benzene ring substituents is 1. The Hall–Kier alpha value is -3.33. The lowest BCUT2D eigenvalue weighted by Crippen LogP contribution is -2.27. The lowest BCUT2D eigenvalue weighted by atomic mass is 10.1. The molecule has 1 aliphatic rings. The molecule has 0 bridgehead atoms. The van der Waals surface area contributed by atoms with Crippen molar-refractivity contribution in [2.45, 2.75) is 20.4 Å². The van der Waals surface area contributed by atoms with Gasteiger partial charge in [-0.2, -0.15) is 0 Å². The predicted molar refractivity (Wildman–Crippen MR) is 113 cm³/mol. The molecule has 1 aliphatic heterocycles. The largest absolute Gasteiger partial charge is 0.494 e. The van der Waals surface area contributed by atoms with Crippen LogP contribution in [-0.4, -0.2) is 34.2 Å². The molecule has 3 rings (SSSR count). The molecule has 0 radical (unpaired) electrons. The summed E-state index contributed by atoms with van der Waals surface area (Å²) in [5.41, 5.74) is 1.24. The minimum absolute atomic E-state index is 0.0432. The average Bonchev–Trinajstić information content (AvgIpc) is 2.98. The van der Waals surface area contributed by atoms with Gasteiger partial charge in [0.25, 0.3) is 16.8 Å². The van der Waals surface area contributed by atoms with Gasteiger partial charge in [0.1, 0.15) is 11.5 Å². The second-order valence-corrected chi connectivity index (χ2v) is 7.25. The lowest BCUT2D eigenvalue weighted by molar-refractivity contribution is -0.384. The monoisotopic (exact) mass is 428 g/mol. The zero-order chi connectivity index (χ0) is 21.7. The first-order valence-electron chi connectivity index (χ1n) is 9.31. The molecular weight excluding hydrogens is 408 g/mol. The van der Waals surface area contributed by atoms with Crippen molar-refractivity contribution in [1.82, 2.24) is 4.90 Å². The minimum atomic E-state index is -0.501. The summed E-state index contributed by atoms with van der Waals surface area (Å²) in [6.07, 6.45) is 1.63. The lowest BCUT2D eigenvalue weighted by Gasteiger charge is -2.12. The van der Waals surface area contributed by atoms with Gasteiger partial charge in [0.2, 0.25) is 0 Å². The van der Waals surface area contributed by atoms with E-state index in [0.29, 0.717) is 35.8 Å². The van der Waals surface area contributed by atoms with Gasteiger partial charge in [-0.05, 0) is 49.4 Å². The first kappa shape index (κ1) is 21.4. The predicted octanol–water partition coefficient (Wildman–Crippen LogP) is 4.63. The molecule has 1 heterocycles. The fourth-order valence-corrected chi connectivity index (χ4v) is 3.68. The van der Waals surface area contributed by atoms with Crippen molar-refractivity contribution in [1.29, 1.82) is 0 Å². The third-order valence-corrected chi connectivity index (χ3v) is 5.15. The van der Waals surface area contributed by atoms with Crippen LogP contribution in [0.3, 0.4) is 0 Å². The van der Waals surface area contributed by atoms with Crippen LogP contribution in [-0.2, 0) is 11.3 Å². The van der Waals surface area contributed by atoms with Crippen LogP contribution >= 0.6 is 11.8 Å². The van der Waals surface area contributed by atoms with E-state index in [-0.39, 0.29) is 17.1 Å². The topological polar surface area (TPSA) is 99.0 Å². The van der Waals surface area contributed by atoms with Crippen LogP contribution in [0.4, 0.5) is 10.5 Å². The van der Waals surface area contributed by atoms with Crippen LogP contribution in [0.15, 0.2) is 47.4 Å². The van der Waals surface area contributed by atoms with Crippen LogP contribution in [0.1, 0.15) is 25.0 Å². The van der Waals surface area contributed by atoms with Crippen molar-refractivity contribution in [3.63, 3.8) is 0 Å². The summed E-state index contributed by atoms with van der Waals surface area (Å²) >= 11 is 0.849. The van der Waals surface area contributed by atoms with Gasteiger partial charge < -0.3 is 9.47 Å². The maximum absolute atomic E-state index is 12.8. The van der Waals surface area contributed by atoms with Crippen LogP contribution in [0, 0.1) is 10.1 Å². The van der Waals surface area contributed by atoms with Gasteiger partial charge in [0, 0.05) is 23.8 Å². The fraction of sp³-hybridized carbons (Fsp3) is 0.238. The van der Waals surface area contributed by atoms with Crippen LogP contribution < -0.4 is 9.47 Å². The molecule has 1 saturated heterocycles. The Kier molecular flexibility index (Phi) is 6.73. The van der Waals surface area contributed by atoms with E-state index in [0.717, 1.165) is 16.7 Å². The van der Waals surface area contributed by atoms with Crippen molar-refractivity contribution >= 4 is 34.7 Å². The number of rotatable bonds is 8. The average molecular weight is 428 g/mol. The van der Waals surface area contributed by atoms with Crippen LogP contribution in [0.2, 0.25) is 0 Å². The second-order valence-electron chi connectivity index (χ2n) is 6.26. The number of hydrogen-bond acceptors (Lipinski definition) is 7. The molecule has 30 heavy (non-hydrogen) atoms. The van der Waals surface area contributed by atoms with E-state index < -0.39 is 16.1 Å². The second kappa shape index (κ2) is 9.45. The summed E-state index contributed by atoms with van der Waals surface area (Å²) in [5.74, 6) is 0.801. The SMILES string of the molecule is CCOc1ccc(/C=C2\SC(=O)N(Cc3ccc([N+](=O)[O-])cc3)C2=O)c(OCC)c1. The normalized spacial score (nSPS) is 15.0. The number of nitro benzene ring substituents is 1. The number of benzene rings is 2. The van der Waals surface area contributed by atoms with E-state index in [1.54, 1.807) is 24.3 Å². The van der Waals surface area contributed by atoms with Gasteiger partial charge in [-0.1, -0.05) is 12.1 Å². The van der Waals surface area contributed by atoms with E-state index in [9.17, 15) is 19.7 Å². The fourth-order valence-electron chi connectivity index (χ4n) is 2.85. The number of hydrogen-bond donors (Lipinski definition) is 0. The Morgan fingerprint density at radius 1 is 1.07 bits per heavy atom. The molecule has 2 aromatic rings. The van der Waals surface area contributed by atoms with Gasteiger partial charge in [-0.25, -0.2) is 0 Å². The van der Waals surface area contributed by atoms with Crippen molar-refractivity contribution in [3.8, 4) is 11.5 Å². The third kappa shape index (κ3) is 4.80. The molecule has 2 aromatic carbocycles. The Balaban J connectivity index is 1.81. The van der Waals surface area contributed by atoms with Crippen LogP contribution in [0.5, 0.6) is 11.5 Å². The Labute approximate surface area is 177 Å². The maximum Gasteiger partial charge on any atom is 0.293 e. The number of amides is 2. The zero-order valence-corrected chi connectivity index (χ0v) is 17.3. The summed E-state index contributed by atoms with van der Waals surface area (Å²) in [6, 6.07) is 11.1. The van der Waals surface area contributed by atoms with Gasteiger partial charge in [-0.3, -0.25) is 24.6 Å². The number of carbonyl (C=O) groups excluding carboxylic acids is 2. The van der Waals surface area contributed by atoms with E-state index in [1.165, 1.54) is 24.3 Å². The standard InChI is InChI=1S/C21H20N2O6S/c1-3-28-17-10-7-15(18(12-17)29-4-2)11-19-20(24)22(21(25)30-19)13-14-5-8-16(9-6-14)23(26)27/h5-12H,3-4,13H2,1-2H3/b19-11-. The molecule has 0 unspecified atom stereocenters. The molecule has 0 N–H and O–H groups in total. The number of imide groups is 1. The molecule has 0 aromatic heterocycles. The molecule has 1 fully saturated rings. The third-order valence-electron chi connectivity index (χ3n) is 4.24. The quantitative estimate of drug-likeness (QED) is 0.343. The summed E-state index contributed by atoms with van der Waals surface area (Å²) in [6.45, 7) is 4.75. The molecule has 0 aliphatic carbocycles. The molecule has 0 saturated carbocycles. The summed E-state index contributed by atoms with van der Waals surface area (Å²) < 4.78 is 11.1. The van der Waals surface area contributed by atoms with Crippen molar-refractivity contribution in [3.05, 3.63) is 68.6 Å². The summed E-state index contributed by atoms with van der Waals surface area (Å²) in [4.78, 5) is 36.8. The number of nitrogens with zero attached hydrogens (tertiary/aromatic N) is 2. The van der Waals surface area contributed by atoms with Gasteiger partial charge >= 0.3 is 0 Å². The van der Waals surface area contributed by atoms with E-state index in [2.05, 4.69) is 0 Å². The summed E-state index contributed by atoms with van der Waals surface area (Å²) in [7, 11) is 0. The number of nitro groups is 1. The van der Waals surface area contributed by atoms with Crippen molar-refractivity contribution in [2.24, 2.45) is 0 Å². The zero-order valence-electron chi connectivity index (χ0n) is 16.5. The minimum Gasteiger partial charge on any atom is -0.494 e. The van der Waals surface area contributed by atoms with Gasteiger partial charge in [-0.15, -0.1) is 0 Å². The first-order chi connectivity index (χ1) is 14.4. The van der Waals surface area contributed by atoms with Crippen molar-refractivity contribution < 1.29 is 24.0 Å². The highest BCUT2D eigenvalue weighted by Gasteiger charge is 2.35. The van der Waals surface area contributed by atoms with E-state index in [1.807, 2.05) is 13.8 Å². The first-order valence-corrected chi connectivity index (χ1v) is 10.1. The number of ether oxygens (including phenoxy) is 2. The molecule has 156 valence electrons. The summed E-state index contributed by atoms with van der Waals surface area (Å²) in [5, 5.41) is 10.4. The number of thioether (sulfide) groups is 1. The van der Waals surface area contributed by atoms with E-state index >= 15 is 0 Å². The Bertz CT molecular complexity index is 1000. The molecule has 2 amide bonds. The molecule has 0 atom stereocenters. The molecular formula is C21H20N2O6S. The van der Waals surface area contributed by atoms with Gasteiger partial charge in [0.05, 0.1) is 29.6 Å². The highest BCUT2D eigenvalue weighted by Crippen LogP contribution is 2.36. The number of carbonyl (C=O) groups is 2. The van der Waals surface area contributed by atoms with Crippen LogP contribution in [0.25, 0.3) is 6.08 Å². The Morgan fingerprint density at radius 2 is 1.77 bits per heavy atom. The highest BCUT2D eigenvalue weighted by molar-refractivity contribution is 8.18. The van der Waals surface area contributed by atoms with E-state index in [4.69, 9.17) is 9.47 Å². The molecule has 0 spiro atoms. The highest BCUT2D eigenvalue weighted by atomic mass is 32.2. The molecule has 9 heteroatoms.